The Bertz CT molecular complexity index is 712. The molecule has 2 aliphatic heterocycles. The molecule has 0 aliphatic carbocycles. The van der Waals surface area contributed by atoms with Gasteiger partial charge in [0.15, 0.2) is 0 Å². The quantitative estimate of drug-likeness (QED) is 0.629. The van der Waals surface area contributed by atoms with Crippen LogP contribution in [0.2, 0.25) is 6.32 Å². The molecule has 2 heterocycles. The summed E-state index contributed by atoms with van der Waals surface area (Å²) in [6, 6.07) is 9.05. The number of carbonyl (C=O) groups excluding carboxylic acids is 1. The van der Waals surface area contributed by atoms with Crippen molar-refractivity contribution in [3.8, 4) is 0 Å². The number of nitrogens with zero attached hydrogens (tertiary/aromatic N) is 1. The first-order chi connectivity index (χ1) is 13.9. The van der Waals surface area contributed by atoms with E-state index in [2.05, 4.69) is 52.0 Å². The fraction of sp³-hybridized carbons (Fsp3) is 0.720. The topological polar surface area (TPSA) is 38.8 Å². The van der Waals surface area contributed by atoms with Crippen LogP contribution < -0.4 is 5.46 Å². The molecule has 2 aliphatic rings. The first kappa shape index (κ1) is 23.2. The van der Waals surface area contributed by atoms with E-state index in [-0.39, 0.29) is 24.0 Å². The molecule has 1 aromatic carbocycles. The zero-order chi connectivity index (χ0) is 22.2. The van der Waals surface area contributed by atoms with Crippen LogP contribution in [0.4, 0.5) is 4.79 Å². The molecule has 0 saturated carbocycles. The molecule has 0 atom stereocenters. The second-order valence-corrected chi connectivity index (χ2v) is 11.4. The predicted molar refractivity (Wildman–Crippen MR) is 124 cm³/mol. The second-order valence-electron chi connectivity index (χ2n) is 11.4. The standard InChI is InChI=1S/C25H40BNO3/c1-23(2,3)29-22(28)27-16-14-20(15-17-27)9-8-19-10-12-21(13-11-19)26-18-24(4,5)25(6,7)30-26/h10-13,20H,8-9,14-18H2,1-7H3. The third kappa shape index (κ3) is 5.60. The van der Waals surface area contributed by atoms with Crippen molar-refractivity contribution < 1.29 is 14.2 Å². The summed E-state index contributed by atoms with van der Waals surface area (Å²) < 4.78 is 11.9. The highest BCUT2D eigenvalue weighted by Crippen LogP contribution is 2.45. The lowest BCUT2D eigenvalue weighted by atomic mass is 9.54. The van der Waals surface area contributed by atoms with Gasteiger partial charge in [-0.05, 0) is 89.0 Å². The molecule has 1 amide bonds. The minimum absolute atomic E-state index is 0.0928. The van der Waals surface area contributed by atoms with Gasteiger partial charge >= 0.3 is 13.0 Å². The van der Waals surface area contributed by atoms with E-state index in [9.17, 15) is 4.79 Å². The van der Waals surface area contributed by atoms with Crippen molar-refractivity contribution in [2.45, 2.75) is 91.7 Å². The van der Waals surface area contributed by atoms with Gasteiger partial charge in [0.25, 0.3) is 0 Å². The monoisotopic (exact) mass is 413 g/mol. The van der Waals surface area contributed by atoms with E-state index in [1.165, 1.54) is 17.4 Å². The highest BCUT2D eigenvalue weighted by atomic mass is 16.6. The van der Waals surface area contributed by atoms with Crippen molar-refractivity contribution >= 4 is 18.5 Å². The number of hydrogen-bond donors (Lipinski definition) is 0. The summed E-state index contributed by atoms with van der Waals surface area (Å²) in [5.74, 6) is 0.683. The average Bonchev–Trinajstić information content (AvgIpc) is 2.87. The van der Waals surface area contributed by atoms with Crippen LogP contribution in [-0.2, 0) is 15.8 Å². The van der Waals surface area contributed by atoms with E-state index in [1.54, 1.807) is 0 Å². The SMILES string of the molecule is CC(C)(C)OC(=O)N1CCC(CCc2ccc(B3CC(C)(C)C(C)(C)O3)cc2)CC1. The van der Waals surface area contributed by atoms with E-state index in [4.69, 9.17) is 9.39 Å². The number of likely N-dealkylation sites (tertiary alicyclic amines) is 1. The molecule has 3 rings (SSSR count). The lowest BCUT2D eigenvalue weighted by molar-refractivity contribution is 0.0181. The number of carbonyl (C=O) groups is 1. The third-order valence-corrected chi connectivity index (χ3v) is 7.22. The van der Waals surface area contributed by atoms with Crippen LogP contribution >= 0.6 is 0 Å². The van der Waals surface area contributed by atoms with E-state index < -0.39 is 5.60 Å². The van der Waals surface area contributed by atoms with E-state index >= 15 is 0 Å². The molecule has 2 saturated heterocycles. The summed E-state index contributed by atoms with van der Waals surface area (Å²) in [7, 11) is 0. The fourth-order valence-electron chi connectivity index (χ4n) is 4.45. The van der Waals surface area contributed by atoms with Gasteiger partial charge in [-0.15, -0.1) is 0 Å². The van der Waals surface area contributed by atoms with Gasteiger partial charge in [0.2, 0.25) is 0 Å². The van der Waals surface area contributed by atoms with Gasteiger partial charge in [0, 0.05) is 13.1 Å². The van der Waals surface area contributed by atoms with E-state index in [1.807, 2.05) is 25.7 Å². The van der Waals surface area contributed by atoms with Crippen molar-refractivity contribution in [2.24, 2.45) is 11.3 Å². The Balaban J connectivity index is 1.45. The van der Waals surface area contributed by atoms with Gasteiger partial charge in [0.05, 0.1) is 5.60 Å². The maximum atomic E-state index is 12.2. The van der Waals surface area contributed by atoms with Gasteiger partial charge in [-0.25, -0.2) is 4.79 Å². The molecule has 0 radical (unpaired) electrons. The molecule has 166 valence electrons. The summed E-state index contributed by atoms with van der Waals surface area (Å²) in [6.45, 7) is 16.6. The summed E-state index contributed by atoms with van der Waals surface area (Å²) in [6.07, 6.45) is 5.31. The van der Waals surface area contributed by atoms with Crippen LogP contribution in [0.15, 0.2) is 24.3 Å². The Labute approximate surface area is 183 Å². The maximum Gasteiger partial charge on any atom is 0.410 e. The molecule has 0 spiro atoms. The van der Waals surface area contributed by atoms with Crippen LogP contribution in [0.3, 0.4) is 0 Å². The van der Waals surface area contributed by atoms with Gasteiger partial charge in [-0.3, -0.25) is 0 Å². The molecule has 0 aromatic heterocycles. The van der Waals surface area contributed by atoms with Gasteiger partial charge < -0.3 is 14.3 Å². The van der Waals surface area contributed by atoms with Crippen molar-refractivity contribution in [1.82, 2.24) is 4.90 Å². The van der Waals surface area contributed by atoms with Crippen molar-refractivity contribution in [3.05, 3.63) is 29.8 Å². The number of piperidine rings is 1. The van der Waals surface area contributed by atoms with Crippen LogP contribution in [0, 0.1) is 11.3 Å². The molecular weight excluding hydrogens is 373 g/mol. The van der Waals surface area contributed by atoms with E-state index in [0.29, 0.717) is 5.92 Å². The highest BCUT2D eigenvalue weighted by Gasteiger charge is 2.49. The molecule has 5 heteroatoms. The number of rotatable bonds is 4. The molecule has 4 nitrogen and oxygen atoms in total. The minimum Gasteiger partial charge on any atom is -0.444 e. The van der Waals surface area contributed by atoms with Crippen LogP contribution in [-0.4, -0.2) is 42.2 Å². The largest absolute Gasteiger partial charge is 0.444 e. The van der Waals surface area contributed by atoms with Crippen molar-refractivity contribution in [1.29, 1.82) is 0 Å². The predicted octanol–water partition coefficient (Wildman–Crippen LogP) is 5.30. The number of aryl methyl sites for hydroxylation is 1. The maximum absolute atomic E-state index is 12.2. The Morgan fingerprint density at radius 1 is 1.13 bits per heavy atom. The molecule has 1 aromatic rings. The zero-order valence-electron chi connectivity index (χ0n) is 20.1. The van der Waals surface area contributed by atoms with Crippen LogP contribution in [0.1, 0.15) is 73.3 Å². The normalized spacial score (nSPS) is 21.7. The first-order valence-electron chi connectivity index (χ1n) is 11.6. The molecule has 30 heavy (non-hydrogen) atoms. The number of hydrogen-bond acceptors (Lipinski definition) is 3. The molecule has 2 fully saturated rings. The average molecular weight is 413 g/mol. The Kier molecular flexibility index (Phi) is 6.62. The summed E-state index contributed by atoms with van der Waals surface area (Å²) in [4.78, 5) is 14.1. The fourth-order valence-corrected chi connectivity index (χ4v) is 4.45. The van der Waals surface area contributed by atoms with Crippen LogP contribution in [0.25, 0.3) is 0 Å². The van der Waals surface area contributed by atoms with Crippen molar-refractivity contribution in [2.75, 3.05) is 13.1 Å². The molecular formula is C25H40BNO3. The highest BCUT2D eigenvalue weighted by molar-refractivity contribution is 6.68. The number of amides is 1. The molecule has 0 bridgehead atoms. The Morgan fingerprint density at radius 3 is 2.23 bits per heavy atom. The first-order valence-corrected chi connectivity index (χ1v) is 11.6. The number of benzene rings is 1. The van der Waals surface area contributed by atoms with Gasteiger partial charge in [-0.1, -0.05) is 38.1 Å². The molecule has 0 N–H and O–H groups in total. The summed E-state index contributed by atoms with van der Waals surface area (Å²) in [5.41, 5.74) is 2.36. The Morgan fingerprint density at radius 2 is 1.73 bits per heavy atom. The van der Waals surface area contributed by atoms with Gasteiger partial charge in [-0.2, -0.15) is 0 Å². The number of ether oxygens (including phenoxy) is 1. The summed E-state index contributed by atoms with van der Waals surface area (Å²) >= 11 is 0. The Hall–Kier alpha value is -1.49. The minimum atomic E-state index is -0.421. The second kappa shape index (κ2) is 8.57. The third-order valence-electron chi connectivity index (χ3n) is 7.22. The zero-order valence-corrected chi connectivity index (χ0v) is 20.1. The summed E-state index contributed by atoms with van der Waals surface area (Å²) in [5, 5.41) is 0. The lowest BCUT2D eigenvalue weighted by Gasteiger charge is -2.34. The lowest BCUT2D eigenvalue weighted by Crippen LogP contribution is -2.41. The van der Waals surface area contributed by atoms with Crippen molar-refractivity contribution in [3.63, 3.8) is 0 Å². The van der Waals surface area contributed by atoms with Crippen LogP contribution in [0.5, 0.6) is 0 Å². The molecule has 0 unspecified atom stereocenters. The van der Waals surface area contributed by atoms with Gasteiger partial charge in [0.1, 0.15) is 5.60 Å². The van der Waals surface area contributed by atoms with E-state index in [0.717, 1.165) is 38.7 Å². The smallest absolute Gasteiger partial charge is 0.410 e.